The number of aryl methyl sites for hydroxylation is 1. The summed E-state index contributed by atoms with van der Waals surface area (Å²) in [5.41, 5.74) is 0.395. The second-order valence-corrected chi connectivity index (χ2v) is 9.25. The molecule has 0 saturated heterocycles. The number of carbonyl (C=O) groups is 1. The van der Waals surface area contributed by atoms with Crippen LogP contribution in [0, 0.1) is 5.92 Å². The van der Waals surface area contributed by atoms with Crippen LogP contribution in [0.4, 0.5) is 0 Å². The van der Waals surface area contributed by atoms with Crippen molar-refractivity contribution in [1.82, 2.24) is 35.0 Å². The zero-order valence-electron chi connectivity index (χ0n) is 20.9. The first-order valence-corrected chi connectivity index (χ1v) is 11.9. The number of rotatable bonds is 8. The summed E-state index contributed by atoms with van der Waals surface area (Å²) in [6.45, 7) is 9.96. The monoisotopic (exact) mass is 491 g/mol. The van der Waals surface area contributed by atoms with E-state index in [9.17, 15) is 14.4 Å². The quantitative estimate of drug-likeness (QED) is 0.382. The molecule has 0 aromatic carbocycles. The van der Waals surface area contributed by atoms with Gasteiger partial charge in [-0.1, -0.05) is 39.8 Å². The Kier molecular flexibility index (Phi) is 7.09. The summed E-state index contributed by atoms with van der Waals surface area (Å²) < 4.78 is 6.89. The van der Waals surface area contributed by atoms with Gasteiger partial charge >= 0.3 is 5.69 Å². The molecule has 4 rings (SSSR count). The van der Waals surface area contributed by atoms with Crippen molar-refractivity contribution in [3.8, 4) is 11.4 Å². The predicted octanol–water partition coefficient (Wildman–Crippen LogP) is 3.19. The molecule has 188 valence electrons. The average molecular weight is 492 g/mol. The number of nitrogens with zero attached hydrogens (tertiary/aromatic N) is 5. The van der Waals surface area contributed by atoms with Crippen LogP contribution in [-0.2, 0) is 6.54 Å². The van der Waals surface area contributed by atoms with Gasteiger partial charge in [-0.05, 0) is 36.5 Å². The van der Waals surface area contributed by atoms with Crippen LogP contribution < -0.4 is 16.6 Å². The lowest BCUT2D eigenvalue weighted by molar-refractivity contribution is 0.0915. The van der Waals surface area contributed by atoms with Crippen molar-refractivity contribution >= 4 is 16.9 Å². The van der Waals surface area contributed by atoms with Gasteiger partial charge in [-0.3, -0.25) is 24.1 Å². The third-order valence-electron chi connectivity index (χ3n) is 5.83. The van der Waals surface area contributed by atoms with E-state index in [1.54, 1.807) is 24.5 Å². The lowest BCUT2D eigenvalue weighted by Gasteiger charge is -2.20. The molecule has 2 N–H and O–H groups in total. The fourth-order valence-corrected chi connectivity index (χ4v) is 3.91. The minimum Gasteiger partial charge on any atom is -0.340 e. The molecule has 0 saturated carbocycles. The smallest absolute Gasteiger partial charge is 0.329 e. The van der Waals surface area contributed by atoms with Crippen LogP contribution in [0.3, 0.4) is 0 Å². The van der Waals surface area contributed by atoms with E-state index in [0.717, 1.165) is 0 Å². The summed E-state index contributed by atoms with van der Waals surface area (Å²) in [6, 6.07) is 4.55. The number of fused-ring (bicyclic) bond motifs is 1. The van der Waals surface area contributed by atoms with Crippen LogP contribution in [0.15, 0.2) is 44.7 Å². The van der Waals surface area contributed by atoms with Crippen LogP contribution in [0.25, 0.3) is 22.4 Å². The molecule has 0 fully saturated rings. The highest BCUT2D eigenvalue weighted by atomic mass is 16.5. The van der Waals surface area contributed by atoms with E-state index >= 15 is 0 Å². The summed E-state index contributed by atoms with van der Waals surface area (Å²) in [6.07, 6.45) is 3.92. The maximum atomic E-state index is 13.6. The normalized spacial score (nSPS) is 12.4. The number of H-pyrrole nitrogens is 1. The molecule has 0 bridgehead atoms. The molecule has 0 aliphatic heterocycles. The van der Waals surface area contributed by atoms with Gasteiger partial charge in [-0.25, -0.2) is 9.78 Å². The van der Waals surface area contributed by atoms with Crippen molar-refractivity contribution in [2.45, 2.75) is 59.5 Å². The third kappa shape index (κ3) is 4.81. The van der Waals surface area contributed by atoms with E-state index < -0.39 is 23.2 Å². The Morgan fingerprint density at radius 1 is 1.19 bits per heavy atom. The fourth-order valence-electron chi connectivity index (χ4n) is 3.91. The zero-order valence-corrected chi connectivity index (χ0v) is 20.9. The highest BCUT2D eigenvalue weighted by Crippen LogP contribution is 2.25. The molecule has 1 atom stereocenters. The van der Waals surface area contributed by atoms with Crippen LogP contribution in [-0.4, -0.2) is 35.6 Å². The maximum Gasteiger partial charge on any atom is 0.329 e. The number of hydrogen-bond donors (Lipinski definition) is 2. The third-order valence-corrected chi connectivity index (χ3v) is 5.83. The summed E-state index contributed by atoms with van der Waals surface area (Å²) in [5, 5.41) is 7.04. The van der Waals surface area contributed by atoms with Crippen molar-refractivity contribution in [2.24, 2.45) is 5.92 Å². The predicted molar refractivity (Wildman–Crippen MR) is 134 cm³/mol. The minimum atomic E-state index is -0.659. The van der Waals surface area contributed by atoms with E-state index in [-0.39, 0.29) is 34.3 Å². The van der Waals surface area contributed by atoms with Crippen molar-refractivity contribution < 1.29 is 9.32 Å². The zero-order chi connectivity index (χ0) is 26.0. The first-order valence-electron chi connectivity index (χ1n) is 11.9. The molecule has 0 radical (unpaired) electrons. The van der Waals surface area contributed by atoms with Gasteiger partial charge in [0.05, 0.1) is 10.9 Å². The number of nitrogens with one attached hydrogen (secondary N) is 2. The Hall–Kier alpha value is -4.15. The number of pyridine rings is 2. The number of hydrogen-bond acceptors (Lipinski definition) is 8. The van der Waals surface area contributed by atoms with E-state index in [4.69, 9.17) is 4.52 Å². The van der Waals surface area contributed by atoms with Crippen LogP contribution in [0.5, 0.6) is 0 Å². The van der Waals surface area contributed by atoms with Gasteiger partial charge in [-0.15, -0.1) is 0 Å². The molecular weight excluding hydrogens is 462 g/mol. The largest absolute Gasteiger partial charge is 0.340 e. The molecule has 4 heterocycles. The Morgan fingerprint density at radius 3 is 2.61 bits per heavy atom. The van der Waals surface area contributed by atoms with Crippen LogP contribution in [0.2, 0.25) is 0 Å². The minimum absolute atomic E-state index is 0.0377. The molecule has 4 aromatic rings. The average Bonchev–Trinajstić information content (AvgIpc) is 3.34. The Balaban J connectivity index is 1.79. The maximum absolute atomic E-state index is 13.6. The fraction of sp³-hybridized carbons (Fsp3) is 0.400. The van der Waals surface area contributed by atoms with Crippen LogP contribution >= 0.6 is 0 Å². The van der Waals surface area contributed by atoms with Gasteiger partial charge in [0.1, 0.15) is 6.04 Å². The van der Waals surface area contributed by atoms with Gasteiger partial charge in [0.15, 0.2) is 5.65 Å². The lowest BCUT2D eigenvalue weighted by Crippen LogP contribution is -2.35. The molecule has 36 heavy (non-hydrogen) atoms. The van der Waals surface area contributed by atoms with Crippen LogP contribution in [0.1, 0.15) is 74.9 Å². The van der Waals surface area contributed by atoms with Gasteiger partial charge < -0.3 is 9.84 Å². The number of amides is 1. The van der Waals surface area contributed by atoms with E-state index in [1.807, 2.05) is 40.7 Å². The second kappa shape index (κ2) is 10.2. The van der Waals surface area contributed by atoms with Gasteiger partial charge in [0, 0.05) is 30.2 Å². The standard InChI is InChI=1S/C25H29N7O4/c1-6-10-32-21-18(23(34)30-25(32)35)16(11-17(27-21)13(2)3)22(33)28-19(14(4)5)24-29-20(31-36-24)15-8-7-9-26-12-15/h7-9,11-14,19H,6,10H2,1-5H3,(H,28,33)(H,30,34,35)/t19-/m1/s1. The Bertz CT molecular complexity index is 1500. The second-order valence-electron chi connectivity index (χ2n) is 9.25. The molecule has 1 amide bonds. The summed E-state index contributed by atoms with van der Waals surface area (Å²) in [4.78, 5) is 54.5. The molecule has 0 aliphatic rings. The Morgan fingerprint density at radius 2 is 1.97 bits per heavy atom. The highest BCUT2D eigenvalue weighted by molar-refractivity contribution is 6.05. The number of aromatic nitrogens is 6. The van der Waals surface area contributed by atoms with Crippen molar-refractivity contribution in [3.05, 3.63) is 68.6 Å². The molecule has 0 aliphatic carbocycles. The summed E-state index contributed by atoms with van der Waals surface area (Å²) >= 11 is 0. The molecular formula is C25H29N7O4. The van der Waals surface area contributed by atoms with Crippen molar-refractivity contribution in [3.63, 3.8) is 0 Å². The number of aromatic amines is 1. The molecule has 11 heteroatoms. The summed E-state index contributed by atoms with van der Waals surface area (Å²) in [5.74, 6) is -0.0584. The molecule has 4 aromatic heterocycles. The lowest BCUT2D eigenvalue weighted by atomic mass is 10.0. The first-order chi connectivity index (χ1) is 17.2. The van der Waals surface area contributed by atoms with E-state index in [2.05, 4.69) is 30.4 Å². The van der Waals surface area contributed by atoms with Gasteiger partial charge in [0.25, 0.3) is 11.5 Å². The van der Waals surface area contributed by atoms with E-state index in [0.29, 0.717) is 30.0 Å². The topological polar surface area (TPSA) is 149 Å². The molecule has 11 nitrogen and oxygen atoms in total. The summed E-state index contributed by atoms with van der Waals surface area (Å²) in [7, 11) is 0. The van der Waals surface area contributed by atoms with Crippen molar-refractivity contribution in [2.75, 3.05) is 0 Å². The Labute approximate surface area is 207 Å². The molecule has 0 unspecified atom stereocenters. The first kappa shape index (κ1) is 25.0. The van der Waals surface area contributed by atoms with Gasteiger partial charge in [0.2, 0.25) is 11.7 Å². The SMILES string of the molecule is CCCn1c(=O)[nH]c(=O)c2c(C(=O)N[C@@H](c3nc(-c4cccnc4)no3)C(C)C)cc(C(C)C)nc21. The van der Waals surface area contributed by atoms with Gasteiger partial charge in [-0.2, -0.15) is 4.98 Å². The van der Waals surface area contributed by atoms with E-state index in [1.165, 1.54) is 4.57 Å². The highest BCUT2D eigenvalue weighted by Gasteiger charge is 2.28. The van der Waals surface area contributed by atoms with Crippen molar-refractivity contribution in [1.29, 1.82) is 0 Å². The molecule has 0 spiro atoms. The number of carbonyl (C=O) groups excluding carboxylic acids is 1.